The lowest BCUT2D eigenvalue weighted by atomic mass is 10.1. The number of fused-ring (bicyclic) bond motifs is 3. The van der Waals surface area contributed by atoms with Crippen LogP contribution in [-0.4, -0.2) is 32.8 Å². The average molecular weight is 405 g/mol. The van der Waals surface area contributed by atoms with E-state index in [9.17, 15) is 4.79 Å². The molecule has 0 aliphatic heterocycles. The van der Waals surface area contributed by atoms with E-state index in [-0.39, 0.29) is 5.91 Å². The Morgan fingerprint density at radius 2 is 1.83 bits per heavy atom. The van der Waals surface area contributed by atoms with Gasteiger partial charge in [-0.3, -0.25) is 4.79 Å². The Morgan fingerprint density at radius 1 is 1.07 bits per heavy atom. The van der Waals surface area contributed by atoms with Crippen LogP contribution in [0.1, 0.15) is 23.4 Å². The van der Waals surface area contributed by atoms with Crippen molar-refractivity contribution in [2.24, 2.45) is 0 Å². The second kappa shape index (κ2) is 8.66. The van der Waals surface area contributed by atoms with Crippen molar-refractivity contribution in [1.82, 2.24) is 19.9 Å². The highest BCUT2D eigenvalue weighted by Crippen LogP contribution is 2.23. The SMILES string of the molecule is Cc1nc2c3ccccc3nn2c(C)c1CCC(=O)NCCSc1ccccc1. The molecule has 6 heteroatoms. The molecular weight excluding hydrogens is 380 g/mol. The van der Waals surface area contributed by atoms with Crippen molar-refractivity contribution in [3.63, 3.8) is 0 Å². The molecule has 0 fully saturated rings. The van der Waals surface area contributed by atoms with E-state index in [1.165, 1.54) is 4.90 Å². The summed E-state index contributed by atoms with van der Waals surface area (Å²) in [5.74, 6) is 0.935. The van der Waals surface area contributed by atoms with E-state index in [1.54, 1.807) is 11.8 Å². The van der Waals surface area contributed by atoms with Crippen LogP contribution in [0.2, 0.25) is 0 Å². The first kappa shape index (κ1) is 19.5. The molecule has 2 heterocycles. The van der Waals surface area contributed by atoms with E-state index >= 15 is 0 Å². The number of aryl methyl sites for hydroxylation is 2. The highest BCUT2D eigenvalue weighted by Gasteiger charge is 2.14. The molecule has 4 aromatic rings. The normalized spacial score (nSPS) is 11.2. The van der Waals surface area contributed by atoms with Crippen LogP contribution < -0.4 is 5.32 Å². The molecule has 0 radical (unpaired) electrons. The Balaban J connectivity index is 1.37. The van der Waals surface area contributed by atoms with Gasteiger partial charge in [0, 0.05) is 40.4 Å². The van der Waals surface area contributed by atoms with Gasteiger partial charge in [0.25, 0.3) is 0 Å². The minimum Gasteiger partial charge on any atom is -0.355 e. The summed E-state index contributed by atoms with van der Waals surface area (Å²) in [4.78, 5) is 18.3. The molecule has 2 aromatic heterocycles. The summed E-state index contributed by atoms with van der Waals surface area (Å²) in [6.07, 6.45) is 1.11. The highest BCUT2D eigenvalue weighted by atomic mass is 32.2. The third-order valence-corrected chi connectivity index (χ3v) is 6.07. The van der Waals surface area contributed by atoms with Crippen molar-refractivity contribution in [3.8, 4) is 0 Å². The third-order valence-electron chi connectivity index (χ3n) is 5.06. The maximum Gasteiger partial charge on any atom is 0.220 e. The molecule has 5 nitrogen and oxygen atoms in total. The van der Waals surface area contributed by atoms with Crippen molar-refractivity contribution < 1.29 is 4.79 Å². The number of thioether (sulfide) groups is 1. The van der Waals surface area contributed by atoms with Crippen LogP contribution in [0.25, 0.3) is 16.6 Å². The molecule has 148 valence electrons. The lowest BCUT2D eigenvalue weighted by Gasteiger charge is -2.11. The zero-order chi connectivity index (χ0) is 20.2. The van der Waals surface area contributed by atoms with Crippen molar-refractivity contribution in [2.45, 2.75) is 31.6 Å². The summed E-state index contributed by atoms with van der Waals surface area (Å²) in [6.45, 7) is 4.73. The number of amides is 1. The summed E-state index contributed by atoms with van der Waals surface area (Å²) >= 11 is 1.75. The smallest absolute Gasteiger partial charge is 0.220 e. The van der Waals surface area contributed by atoms with E-state index in [0.29, 0.717) is 19.4 Å². The highest BCUT2D eigenvalue weighted by molar-refractivity contribution is 7.99. The maximum atomic E-state index is 12.3. The van der Waals surface area contributed by atoms with Crippen LogP contribution in [0.3, 0.4) is 0 Å². The predicted molar refractivity (Wildman–Crippen MR) is 118 cm³/mol. The van der Waals surface area contributed by atoms with Crippen molar-refractivity contribution in [3.05, 3.63) is 71.5 Å². The monoisotopic (exact) mass is 404 g/mol. The van der Waals surface area contributed by atoms with Crippen molar-refractivity contribution >= 4 is 34.2 Å². The molecule has 1 N–H and O–H groups in total. The fraction of sp³-hybridized carbons (Fsp3) is 0.261. The fourth-order valence-corrected chi connectivity index (χ4v) is 4.33. The van der Waals surface area contributed by atoms with Gasteiger partial charge in [-0.2, -0.15) is 5.10 Å². The Morgan fingerprint density at radius 3 is 2.66 bits per heavy atom. The fourth-order valence-electron chi connectivity index (χ4n) is 3.54. The largest absolute Gasteiger partial charge is 0.355 e. The standard InChI is InChI=1S/C23H24N4OS/c1-16-19(12-13-22(28)24-14-15-29-18-8-4-3-5-9-18)17(2)27-23(25-16)20-10-6-7-11-21(20)26-27/h3-11H,12-15H2,1-2H3,(H,24,28). The van der Waals surface area contributed by atoms with Gasteiger partial charge in [-0.1, -0.05) is 30.3 Å². The molecule has 0 unspecified atom stereocenters. The number of nitrogens with one attached hydrogen (secondary N) is 1. The summed E-state index contributed by atoms with van der Waals surface area (Å²) in [6, 6.07) is 18.3. The molecule has 0 atom stereocenters. The van der Waals surface area contributed by atoms with Crippen LogP contribution in [-0.2, 0) is 11.2 Å². The van der Waals surface area contributed by atoms with E-state index in [4.69, 9.17) is 4.98 Å². The zero-order valence-electron chi connectivity index (χ0n) is 16.7. The first-order valence-corrected chi connectivity index (χ1v) is 10.8. The third kappa shape index (κ3) is 4.27. The van der Waals surface area contributed by atoms with Gasteiger partial charge in [0.1, 0.15) is 0 Å². The van der Waals surface area contributed by atoms with Gasteiger partial charge in [0.15, 0.2) is 5.65 Å². The first-order valence-electron chi connectivity index (χ1n) is 9.81. The number of carbonyl (C=O) groups excluding carboxylic acids is 1. The lowest BCUT2D eigenvalue weighted by molar-refractivity contribution is -0.120. The summed E-state index contributed by atoms with van der Waals surface area (Å²) in [7, 11) is 0. The number of carbonyl (C=O) groups is 1. The van der Waals surface area contributed by atoms with E-state index < -0.39 is 0 Å². The molecular formula is C23H24N4OS. The number of hydrogen-bond acceptors (Lipinski definition) is 4. The van der Waals surface area contributed by atoms with Crippen LogP contribution in [0.4, 0.5) is 0 Å². The summed E-state index contributed by atoms with van der Waals surface area (Å²) in [5.41, 5.74) is 4.93. The number of hydrogen-bond donors (Lipinski definition) is 1. The number of aromatic nitrogens is 3. The molecule has 0 aliphatic carbocycles. The Hall–Kier alpha value is -2.86. The van der Waals surface area contributed by atoms with Gasteiger partial charge < -0.3 is 5.32 Å². The van der Waals surface area contributed by atoms with Crippen molar-refractivity contribution in [1.29, 1.82) is 0 Å². The number of benzene rings is 2. The van der Waals surface area contributed by atoms with Crippen LogP contribution in [0.5, 0.6) is 0 Å². The van der Waals surface area contributed by atoms with Crippen LogP contribution in [0.15, 0.2) is 59.5 Å². The number of nitrogens with zero attached hydrogens (tertiary/aromatic N) is 3. The molecule has 0 saturated heterocycles. The molecule has 29 heavy (non-hydrogen) atoms. The van der Waals surface area contributed by atoms with Gasteiger partial charge in [-0.05, 0) is 50.1 Å². The van der Waals surface area contributed by atoms with E-state index in [2.05, 4.69) is 29.5 Å². The predicted octanol–water partition coefficient (Wildman–Crippen LogP) is 4.34. The lowest BCUT2D eigenvalue weighted by Crippen LogP contribution is -2.26. The van der Waals surface area contributed by atoms with Crippen LogP contribution in [0, 0.1) is 13.8 Å². The summed E-state index contributed by atoms with van der Waals surface area (Å²) < 4.78 is 1.90. The van der Waals surface area contributed by atoms with Crippen molar-refractivity contribution in [2.75, 3.05) is 12.3 Å². The van der Waals surface area contributed by atoms with E-state index in [0.717, 1.165) is 39.3 Å². The Kier molecular flexibility index (Phi) is 5.81. The van der Waals surface area contributed by atoms with Gasteiger partial charge in [0.2, 0.25) is 5.91 Å². The molecule has 1 amide bonds. The van der Waals surface area contributed by atoms with Gasteiger partial charge in [-0.25, -0.2) is 9.50 Å². The second-order valence-corrected chi connectivity index (χ2v) is 8.19. The van der Waals surface area contributed by atoms with Crippen LogP contribution >= 0.6 is 11.8 Å². The molecule has 2 aromatic carbocycles. The molecule has 0 aliphatic rings. The summed E-state index contributed by atoms with van der Waals surface area (Å²) in [5, 5.41) is 8.76. The average Bonchev–Trinajstić information content (AvgIpc) is 3.11. The van der Waals surface area contributed by atoms with Gasteiger partial charge >= 0.3 is 0 Å². The maximum absolute atomic E-state index is 12.3. The number of rotatable bonds is 7. The zero-order valence-corrected chi connectivity index (χ0v) is 17.5. The molecule has 0 spiro atoms. The van der Waals surface area contributed by atoms with E-state index in [1.807, 2.05) is 53.9 Å². The Labute approximate surface area is 174 Å². The second-order valence-electron chi connectivity index (χ2n) is 7.03. The Bertz CT molecular complexity index is 1150. The van der Waals surface area contributed by atoms with Gasteiger partial charge in [-0.15, -0.1) is 11.8 Å². The first-order chi connectivity index (χ1) is 14.1. The molecule has 4 rings (SSSR count). The molecule has 0 saturated carbocycles. The molecule has 0 bridgehead atoms. The quantitative estimate of drug-likeness (QED) is 0.368. The minimum absolute atomic E-state index is 0.0724. The topological polar surface area (TPSA) is 59.3 Å². The minimum atomic E-state index is 0.0724. The van der Waals surface area contributed by atoms with Gasteiger partial charge in [0.05, 0.1) is 5.52 Å².